The fraction of sp³-hybridized carbons (Fsp3) is 0.143. The number of hydrogen-bond acceptors (Lipinski definition) is 3. The van der Waals surface area contributed by atoms with Gasteiger partial charge < -0.3 is 9.88 Å². The van der Waals surface area contributed by atoms with E-state index >= 15 is 0 Å². The van der Waals surface area contributed by atoms with Crippen LogP contribution in [0.4, 0.5) is 11.4 Å². The number of nitrogens with one attached hydrogen (secondary N) is 1. The molecule has 0 aliphatic heterocycles. The van der Waals surface area contributed by atoms with Gasteiger partial charge in [0.15, 0.2) is 0 Å². The zero-order chi connectivity index (χ0) is 18.3. The molecule has 4 rings (SSSR count). The molecule has 0 saturated carbocycles. The van der Waals surface area contributed by atoms with Crippen LogP contribution in [0.5, 0.6) is 0 Å². The Balaban J connectivity index is 2.12. The number of para-hydroxylation sites is 3. The Labute approximate surface area is 151 Å². The molecule has 0 amide bonds. The van der Waals surface area contributed by atoms with Crippen molar-refractivity contribution in [3.63, 3.8) is 0 Å². The Hall–Kier alpha value is -3.34. The highest BCUT2D eigenvalue weighted by atomic mass is 16.6. The summed E-state index contributed by atoms with van der Waals surface area (Å²) in [6.45, 7) is 3.94. The van der Waals surface area contributed by atoms with Crippen LogP contribution in [0, 0.1) is 10.1 Å². The molecule has 130 valence electrons. The molecule has 1 N–H and O–H groups in total. The number of hydrogen-bond donors (Lipinski definition) is 1. The lowest BCUT2D eigenvalue weighted by molar-refractivity contribution is -0.383. The fourth-order valence-electron chi connectivity index (χ4n) is 3.51. The Morgan fingerprint density at radius 3 is 2.00 bits per heavy atom. The summed E-state index contributed by atoms with van der Waals surface area (Å²) in [5, 5.41) is 17.3. The quantitative estimate of drug-likeness (QED) is 0.392. The number of nitrogens with zero attached hydrogens (tertiary/aromatic N) is 2. The SMILES string of the molecule is CC(C)Nc1cccc(-n2c3ccccc3c3ccccc32)c1[N+](=O)[O-]. The van der Waals surface area contributed by atoms with Gasteiger partial charge in [0.05, 0.1) is 16.0 Å². The van der Waals surface area contributed by atoms with Crippen LogP contribution in [-0.2, 0) is 0 Å². The van der Waals surface area contributed by atoms with Crippen molar-refractivity contribution in [2.75, 3.05) is 5.32 Å². The van der Waals surface area contributed by atoms with Crippen molar-refractivity contribution >= 4 is 33.2 Å². The molecule has 0 spiro atoms. The molecular formula is C21H19N3O2. The van der Waals surface area contributed by atoms with Crippen LogP contribution >= 0.6 is 0 Å². The minimum Gasteiger partial charge on any atom is -0.377 e. The maximum atomic E-state index is 11.9. The third-order valence-electron chi connectivity index (χ3n) is 4.46. The van der Waals surface area contributed by atoms with E-state index in [1.54, 1.807) is 6.07 Å². The van der Waals surface area contributed by atoms with E-state index in [-0.39, 0.29) is 16.7 Å². The summed E-state index contributed by atoms with van der Waals surface area (Å²) < 4.78 is 1.98. The van der Waals surface area contributed by atoms with Gasteiger partial charge in [0.2, 0.25) is 0 Å². The van der Waals surface area contributed by atoms with Gasteiger partial charge in [-0.1, -0.05) is 42.5 Å². The minimum atomic E-state index is -0.302. The number of nitro benzene ring substituents is 1. The molecule has 0 fully saturated rings. The zero-order valence-corrected chi connectivity index (χ0v) is 14.6. The van der Waals surface area contributed by atoms with E-state index < -0.39 is 0 Å². The predicted molar refractivity (Wildman–Crippen MR) is 106 cm³/mol. The van der Waals surface area contributed by atoms with Crippen LogP contribution in [0.3, 0.4) is 0 Å². The number of rotatable bonds is 4. The first-order valence-electron chi connectivity index (χ1n) is 8.60. The summed E-state index contributed by atoms with van der Waals surface area (Å²) in [6, 6.07) is 21.5. The monoisotopic (exact) mass is 345 g/mol. The summed E-state index contributed by atoms with van der Waals surface area (Å²) in [5.41, 5.74) is 3.10. The normalized spacial score (nSPS) is 11.3. The van der Waals surface area contributed by atoms with Gasteiger partial charge in [0.25, 0.3) is 0 Å². The highest BCUT2D eigenvalue weighted by Gasteiger charge is 2.24. The summed E-state index contributed by atoms with van der Waals surface area (Å²) in [6.07, 6.45) is 0. The molecule has 0 saturated heterocycles. The first-order valence-corrected chi connectivity index (χ1v) is 8.60. The average molecular weight is 345 g/mol. The maximum Gasteiger partial charge on any atom is 0.316 e. The van der Waals surface area contributed by atoms with E-state index in [2.05, 4.69) is 17.4 Å². The van der Waals surface area contributed by atoms with Crippen LogP contribution in [-0.4, -0.2) is 15.5 Å². The molecule has 0 bridgehead atoms. The van der Waals surface area contributed by atoms with Crippen molar-refractivity contribution in [1.29, 1.82) is 0 Å². The second-order valence-electron chi connectivity index (χ2n) is 6.60. The van der Waals surface area contributed by atoms with E-state index in [1.807, 2.05) is 66.9 Å². The van der Waals surface area contributed by atoms with Gasteiger partial charge in [-0.15, -0.1) is 0 Å². The van der Waals surface area contributed by atoms with Crippen LogP contribution in [0.1, 0.15) is 13.8 Å². The van der Waals surface area contributed by atoms with Gasteiger partial charge in [-0.3, -0.25) is 10.1 Å². The van der Waals surface area contributed by atoms with Crippen molar-refractivity contribution in [1.82, 2.24) is 4.57 Å². The summed E-state index contributed by atoms with van der Waals surface area (Å²) >= 11 is 0. The third kappa shape index (κ3) is 2.49. The van der Waals surface area contributed by atoms with Crippen molar-refractivity contribution in [2.45, 2.75) is 19.9 Å². The molecular weight excluding hydrogens is 326 g/mol. The van der Waals surface area contributed by atoms with Crippen molar-refractivity contribution in [3.05, 3.63) is 76.8 Å². The molecule has 5 heteroatoms. The van der Waals surface area contributed by atoms with Crippen molar-refractivity contribution in [2.24, 2.45) is 0 Å². The highest BCUT2D eigenvalue weighted by Crippen LogP contribution is 2.38. The molecule has 26 heavy (non-hydrogen) atoms. The molecule has 4 aromatic rings. The number of aromatic nitrogens is 1. The van der Waals surface area contributed by atoms with E-state index in [1.165, 1.54) is 0 Å². The van der Waals surface area contributed by atoms with Gasteiger partial charge in [-0.2, -0.15) is 0 Å². The standard InChI is InChI=1S/C21H19N3O2/c1-14(2)22-17-10-7-13-20(21(17)24(25)26)23-18-11-5-3-8-15(18)16-9-4-6-12-19(16)23/h3-14,22H,1-2H3. The Morgan fingerprint density at radius 2 is 1.46 bits per heavy atom. The Morgan fingerprint density at radius 1 is 0.885 bits per heavy atom. The largest absolute Gasteiger partial charge is 0.377 e. The smallest absolute Gasteiger partial charge is 0.316 e. The molecule has 0 atom stereocenters. The average Bonchev–Trinajstić information content (AvgIpc) is 2.95. The lowest BCUT2D eigenvalue weighted by atomic mass is 10.2. The van der Waals surface area contributed by atoms with Crippen LogP contribution in [0.2, 0.25) is 0 Å². The summed E-state index contributed by atoms with van der Waals surface area (Å²) in [4.78, 5) is 11.6. The molecule has 5 nitrogen and oxygen atoms in total. The number of benzene rings is 3. The summed E-state index contributed by atoms with van der Waals surface area (Å²) in [5.74, 6) is 0. The number of fused-ring (bicyclic) bond motifs is 3. The fourth-order valence-corrected chi connectivity index (χ4v) is 3.51. The van der Waals surface area contributed by atoms with Crippen LogP contribution < -0.4 is 5.32 Å². The van der Waals surface area contributed by atoms with Gasteiger partial charge in [-0.25, -0.2) is 0 Å². The topological polar surface area (TPSA) is 60.1 Å². The highest BCUT2D eigenvalue weighted by molar-refractivity contribution is 6.09. The second kappa shape index (κ2) is 6.19. The number of anilines is 1. The van der Waals surface area contributed by atoms with Crippen molar-refractivity contribution in [3.8, 4) is 5.69 Å². The van der Waals surface area contributed by atoms with E-state index in [9.17, 15) is 10.1 Å². The van der Waals surface area contributed by atoms with Crippen molar-refractivity contribution < 1.29 is 4.92 Å². The molecule has 0 radical (unpaired) electrons. The molecule has 0 unspecified atom stereocenters. The van der Waals surface area contributed by atoms with Gasteiger partial charge in [-0.05, 0) is 38.1 Å². The molecule has 3 aromatic carbocycles. The van der Waals surface area contributed by atoms with Crippen LogP contribution in [0.15, 0.2) is 66.7 Å². The van der Waals surface area contributed by atoms with Crippen LogP contribution in [0.25, 0.3) is 27.5 Å². The first-order chi connectivity index (χ1) is 12.6. The minimum absolute atomic E-state index is 0.0905. The second-order valence-corrected chi connectivity index (χ2v) is 6.60. The molecule has 0 aliphatic rings. The first kappa shape index (κ1) is 16.1. The third-order valence-corrected chi connectivity index (χ3v) is 4.46. The van der Waals surface area contributed by atoms with E-state index in [4.69, 9.17) is 0 Å². The Kier molecular flexibility index (Phi) is 3.84. The zero-order valence-electron chi connectivity index (χ0n) is 14.6. The van der Waals surface area contributed by atoms with E-state index in [0.29, 0.717) is 11.4 Å². The number of nitro groups is 1. The molecule has 1 aromatic heterocycles. The Bertz CT molecular complexity index is 1080. The van der Waals surface area contributed by atoms with Gasteiger partial charge >= 0.3 is 5.69 Å². The van der Waals surface area contributed by atoms with Gasteiger partial charge in [0.1, 0.15) is 11.4 Å². The maximum absolute atomic E-state index is 11.9. The molecule has 0 aliphatic carbocycles. The van der Waals surface area contributed by atoms with E-state index in [0.717, 1.165) is 21.8 Å². The lowest BCUT2D eigenvalue weighted by Crippen LogP contribution is -2.12. The molecule has 1 heterocycles. The summed E-state index contributed by atoms with van der Waals surface area (Å²) in [7, 11) is 0. The lowest BCUT2D eigenvalue weighted by Gasteiger charge is -2.14. The predicted octanol–water partition coefficient (Wildman–Crippen LogP) is 5.51. The van der Waals surface area contributed by atoms with Gasteiger partial charge in [0, 0.05) is 16.8 Å².